The highest BCUT2D eigenvalue weighted by Crippen LogP contribution is 2.13. The number of aliphatic hydroxyl groups is 1. The molecule has 0 amide bonds. The van der Waals surface area contributed by atoms with Gasteiger partial charge in [0.1, 0.15) is 12.4 Å². The van der Waals surface area contributed by atoms with Crippen molar-refractivity contribution in [2.75, 3.05) is 6.61 Å². The lowest BCUT2D eigenvalue weighted by Gasteiger charge is -2.04. The van der Waals surface area contributed by atoms with Crippen molar-refractivity contribution in [3.63, 3.8) is 0 Å². The predicted octanol–water partition coefficient (Wildman–Crippen LogP) is 2.36. The molecular formula is C14H17NO3. The Morgan fingerprint density at radius 2 is 1.78 bits per heavy atom. The smallest absolute Gasteiger partial charge is 0.213 e. The van der Waals surface area contributed by atoms with E-state index in [9.17, 15) is 0 Å². The first-order valence-electron chi connectivity index (χ1n) is 5.69. The number of benzene rings is 1. The van der Waals surface area contributed by atoms with Crippen LogP contribution >= 0.6 is 0 Å². The Morgan fingerprint density at radius 3 is 2.33 bits per heavy atom. The number of aliphatic hydroxyl groups excluding tert-OH is 1. The molecule has 0 fully saturated rings. The Balaban J connectivity index is 0.000000492. The standard InChI is InChI=1S/C12H11NO2.C2H6O/c14-11-6-7-12(13-8-11)15-9-10-4-2-1-3-5-10;1-2-3/h1-8,14H,9H2;3H,2H2,1H3. The monoisotopic (exact) mass is 247 g/mol. The van der Waals surface area contributed by atoms with Crippen LogP contribution in [0.5, 0.6) is 11.6 Å². The highest BCUT2D eigenvalue weighted by atomic mass is 16.5. The average Bonchev–Trinajstić information content (AvgIpc) is 2.40. The van der Waals surface area contributed by atoms with Gasteiger partial charge in [0, 0.05) is 12.7 Å². The van der Waals surface area contributed by atoms with E-state index >= 15 is 0 Å². The molecule has 0 unspecified atom stereocenters. The van der Waals surface area contributed by atoms with E-state index in [-0.39, 0.29) is 12.4 Å². The summed E-state index contributed by atoms with van der Waals surface area (Å²) in [6.07, 6.45) is 1.36. The third-order valence-corrected chi connectivity index (χ3v) is 1.95. The molecule has 0 aliphatic carbocycles. The second-order valence-electron chi connectivity index (χ2n) is 3.45. The molecule has 1 aromatic carbocycles. The number of aromatic hydroxyl groups is 1. The number of rotatable bonds is 3. The minimum Gasteiger partial charge on any atom is -0.506 e. The molecule has 2 aromatic rings. The van der Waals surface area contributed by atoms with Gasteiger partial charge in [-0.2, -0.15) is 0 Å². The van der Waals surface area contributed by atoms with Gasteiger partial charge in [-0.05, 0) is 18.6 Å². The van der Waals surface area contributed by atoms with Crippen LogP contribution < -0.4 is 4.74 Å². The second kappa shape index (κ2) is 8.08. The average molecular weight is 247 g/mol. The van der Waals surface area contributed by atoms with Gasteiger partial charge in [0.25, 0.3) is 0 Å². The van der Waals surface area contributed by atoms with E-state index in [1.165, 1.54) is 6.20 Å². The van der Waals surface area contributed by atoms with E-state index in [4.69, 9.17) is 14.9 Å². The van der Waals surface area contributed by atoms with Gasteiger partial charge in [-0.1, -0.05) is 30.3 Å². The van der Waals surface area contributed by atoms with Crippen LogP contribution in [-0.4, -0.2) is 21.8 Å². The lowest BCUT2D eigenvalue weighted by molar-refractivity contribution is 0.293. The summed E-state index contributed by atoms with van der Waals surface area (Å²) >= 11 is 0. The minimum atomic E-state index is 0.141. The van der Waals surface area contributed by atoms with E-state index in [2.05, 4.69) is 4.98 Å². The zero-order valence-corrected chi connectivity index (χ0v) is 10.3. The number of pyridine rings is 1. The lowest BCUT2D eigenvalue weighted by Crippen LogP contribution is -1.96. The van der Waals surface area contributed by atoms with Crippen molar-refractivity contribution in [3.05, 3.63) is 54.2 Å². The van der Waals surface area contributed by atoms with E-state index < -0.39 is 0 Å². The number of nitrogens with zero attached hydrogens (tertiary/aromatic N) is 1. The molecule has 0 saturated carbocycles. The minimum absolute atomic E-state index is 0.141. The van der Waals surface area contributed by atoms with Crippen molar-refractivity contribution >= 4 is 0 Å². The number of aromatic nitrogens is 1. The molecule has 1 heterocycles. The van der Waals surface area contributed by atoms with Crippen LogP contribution in [0, 0.1) is 0 Å². The SMILES string of the molecule is CCO.Oc1ccc(OCc2ccccc2)nc1. The first-order valence-corrected chi connectivity index (χ1v) is 5.69. The van der Waals surface area contributed by atoms with Crippen LogP contribution in [0.4, 0.5) is 0 Å². The molecular weight excluding hydrogens is 230 g/mol. The van der Waals surface area contributed by atoms with Gasteiger partial charge in [0.15, 0.2) is 0 Å². The summed E-state index contributed by atoms with van der Waals surface area (Å²) in [7, 11) is 0. The maximum atomic E-state index is 9.02. The van der Waals surface area contributed by atoms with E-state index in [0.717, 1.165) is 5.56 Å². The summed E-state index contributed by atoms with van der Waals surface area (Å²) in [5.74, 6) is 0.652. The van der Waals surface area contributed by atoms with Crippen LogP contribution in [0.25, 0.3) is 0 Å². The topological polar surface area (TPSA) is 62.6 Å². The summed E-state index contributed by atoms with van der Waals surface area (Å²) in [5.41, 5.74) is 1.09. The molecule has 2 rings (SSSR count). The second-order valence-corrected chi connectivity index (χ2v) is 3.45. The van der Waals surface area contributed by atoms with E-state index in [1.807, 2.05) is 30.3 Å². The van der Waals surface area contributed by atoms with E-state index in [0.29, 0.717) is 12.5 Å². The molecule has 4 nitrogen and oxygen atoms in total. The Hall–Kier alpha value is -2.07. The van der Waals surface area contributed by atoms with Gasteiger partial charge in [-0.15, -0.1) is 0 Å². The number of ether oxygens (including phenoxy) is 1. The highest BCUT2D eigenvalue weighted by Gasteiger charge is 1.96. The van der Waals surface area contributed by atoms with Crippen molar-refractivity contribution in [2.24, 2.45) is 0 Å². The number of hydrogen-bond donors (Lipinski definition) is 2. The summed E-state index contributed by atoms with van der Waals surface area (Å²) in [6, 6.07) is 13.0. The molecule has 0 saturated heterocycles. The predicted molar refractivity (Wildman–Crippen MR) is 69.4 cm³/mol. The fourth-order valence-corrected chi connectivity index (χ4v) is 1.19. The van der Waals surface area contributed by atoms with Crippen molar-refractivity contribution in [2.45, 2.75) is 13.5 Å². The first-order chi connectivity index (χ1) is 8.76. The van der Waals surface area contributed by atoms with Crippen molar-refractivity contribution in [1.29, 1.82) is 0 Å². The van der Waals surface area contributed by atoms with Crippen LogP contribution in [0.15, 0.2) is 48.7 Å². The van der Waals surface area contributed by atoms with Gasteiger partial charge in [0.2, 0.25) is 5.88 Å². The fraction of sp³-hybridized carbons (Fsp3) is 0.214. The number of hydrogen-bond acceptors (Lipinski definition) is 4. The van der Waals surface area contributed by atoms with Crippen molar-refractivity contribution in [3.8, 4) is 11.6 Å². The molecule has 4 heteroatoms. The summed E-state index contributed by atoms with van der Waals surface area (Å²) in [5, 5.41) is 16.6. The van der Waals surface area contributed by atoms with Crippen LogP contribution in [0.3, 0.4) is 0 Å². The molecule has 0 bridgehead atoms. The molecule has 0 atom stereocenters. The Labute approximate surface area is 107 Å². The van der Waals surface area contributed by atoms with Crippen molar-refractivity contribution < 1.29 is 14.9 Å². The molecule has 1 aromatic heterocycles. The van der Waals surface area contributed by atoms with E-state index in [1.54, 1.807) is 19.1 Å². The Bertz CT molecular complexity index is 429. The van der Waals surface area contributed by atoms with Crippen LogP contribution in [-0.2, 0) is 6.61 Å². The fourth-order valence-electron chi connectivity index (χ4n) is 1.19. The third-order valence-electron chi connectivity index (χ3n) is 1.95. The zero-order valence-electron chi connectivity index (χ0n) is 10.3. The maximum Gasteiger partial charge on any atom is 0.213 e. The highest BCUT2D eigenvalue weighted by molar-refractivity contribution is 5.22. The molecule has 0 spiro atoms. The van der Waals surface area contributed by atoms with Crippen LogP contribution in [0.2, 0.25) is 0 Å². The Kier molecular flexibility index (Phi) is 6.28. The van der Waals surface area contributed by atoms with Crippen LogP contribution in [0.1, 0.15) is 12.5 Å². The largest absolute Gasteiger partial charge is 0.506 e. The molecule has 2 N–H and O–H groups in total. The first kappa shape index (κ1) is 14.0. The summed E-state index contributed by atoms with van der Waals surface area (Å²) < 4.78 is 5.42. The normalized spacial score (nSPS) is 9.22. The third kappa shape index (κ3) is 5.32. The zero-order chi connectivity index (χ0) is 13.2. The molecule has 96 valence electrons. The molecule has 0 aliphatic rings. The van der Waals surface area contributed by atoms with Gasteiger partial charge in [-0.25, -0.2) is 4.98 Å². The van der Waals surface area contributed by atoms with Gasteiger partial charge < -0.3 is 14.9 Å². The molecule has 0 aliphatic heterocycles. The quantitative estimate of drug-likeness (QED) is 0.874. The Morgan fingerprint density at radius 1 is 1.11 bits per heavy atom. The summed E-state index contributed by atoms with van der Waals surface area (Å²) in [4.78, 5) is 3.92. The summed E-state index contributed by atoms with van der Waals surface area (Å²) in [6.45, 7) is 2.42. The van der Waals surface area contributed by atoms with Crippen molar-refractivity contribution in [1.82, 2.24) is 4.98 Å². The van der Waals surface area contributed by atoms with Gasteiger partial charge in [0.05, 0.1) is 6.20 Å². The molecule has 0 radical (unpaired) electrons. The maximum absolute atomic E-state index is 9.02. The van der Waals surface area contributed by atoms with Gasteiger partial charge >= 0.3 is 0 Å². The van der Waals surface area contributed by atoms with Gasteiger partial charge in [-0.3, -0.25) is 0 Å². The molecule has 18 heavy (non-hydrogen) atoms. The lowest BCUT2D eigenvalue weighted by atomic mass is 10.2.